The Bertz CT molecular complexity index is 1070. The lowest BCUT2D eigenvalue weighted by Gasteiger charge is -2.22. The Labute approximate surface area is 149 Å². The highest BCUT2D eigenvalue weighted by atomic mass is 16.2. The molecule has 3 N–H and O–H groups in total. The maximum atomic E-state index is 13.1. The molecule has 0 saturated carbocycles. The van der Waals surface area contributed by atoms with E-state index in [4.69, 9.17) is 5.73 Å². The average molecular weight is 347 g/mol. The van der Waals surface area contributed by atoms with E-state index in [1.54, 1.807) is 25.1 Å². The minimum Gasteiger partial charge on any atom is -0.368 e. The molecular formula is C20H17N3O3. The molecule has 3 aromatic rings. The van der Waals surface area contributed by atoms with Crippen molar-refractivity contribution in [3.63, 3.8) is 0 Å². The predicted molar refractivity (Wildman–Crippen MR) is 98.0 cm³/mol. The number of hydrogen-bond acceptors (Lipinski definition) is 3. The summed E-state index contributed by atoms with van der Waals surface area (Å²) in [5, 5.41) is 0.687. The second-order valence-corrected chi connectivity index (χ2v) is 6.43. The van der Waals surface area contributed by atoms with Gasteiger partial charge in [0.05, 0.1) is 5.56 Å². The zero-order valence-corrected chi connectivity index (χ0v) is 14.2. The number of aromatic amines is 1. The van der Waals surface area contributed by atoms with Crippen LogP contribution in [0, 0.1) is 6.92 Å². The highest BCUT2D eigenvalue weighted by Gasteiger charge is 2.40. The number of anilines is 1. The van der Waals surface area contributed by atoms with Gasteiger partial charge in [-0.25, -0.2) is 0 Å². The summed E-state index contributed by atoms with van der Waals surface area (Å²) in [5.74, 6) is -2.02. The van der Waals surface area contributed by atoms with Crippen LogP contribution in [-0.4, -0.2) is 28.6 Å². The van der Waals surface area contributed by atoms with Crippen molar-refractivity contribution in [2.75, 3.05) is 4.90 Å². The fourth-order valence-electron chi connectivity index (χ4n) is 3.65. The Morgan fingerprint density at radius 3 is 2.54 bits per heavy atom. The van der Waals surface area contributed by atoms with Gasteiger partial charge >= 0.3 is 0 Å². The summed E-state index contributed by atoms with van der Waals surface area (Å²) in [6, 6.07) is 13.6. The molecule has 0 fully saturated rings. The minimum atomic E-state index is -0.852. The number of carbonyl (C=O) groups is 3. The highest BCUT2D eigenvalue weighted by molar-refractivity contribution is 6.50. The third-order valence-electron chi connectivity index (χ3n) is 4.84. The van der Waals surface area contributed by atoms with E-state index in [2.05, 4.69) is 4.98 Å². The van der Waals surface area contributed by atoms with Crippen LogP contribution in [-0.2, 0) is 16.0 Å². The fourth-order valence-corrected chi connectivity index (χ4v) is 3.65. The predicted octanol–water partition coefficient (Wildman–Crippen LogP) is 2.10. The molecule has 6 heteroatoms. The number of rotatable bonds is 3. The first-order chi connectivity index (χ1) is 12.5. The highest BCUT2D eigenvalue weighted by Crippen LogP contribution is 2.33. The standard InChI is InChI=1S/C20H17N3O3/c1-11-17(13-7-3-4-8-14(13)22-11)18(24)20(26)23-15-9-5-2-6-12(15)10-16(23)19(21)25/h2-9,16,22H,10H2,1H3,(H2,21,25). The van der Waals surface area contributed by atoms with Gasteiger partial charge in [-0.15, -0.1) is 0 Å². The summed E-state index contributed by atoms with van der Waals surface area (Å²) >= 11 is 0. The number of benzene rings is 2. The molecule has 1 aliphatic heterocycles. The monoisotopic (exact) mass is 347 g/mol. The molecule has 0 spiro atoms. The van der Waals surface area contributed by atoms with E-state index in [9.17, 15) is 14.4 Å². The third-order valence-corrected chi connectivity index (χ3v) is 4.84. The van der Waals surface area contributed by atoms with Crippen molar-refractivity contribution in [1.82, 2.24) is 4.98 Å². The zero-order valence-electron chi connectivity index (χ0n) is 14.2. The number of fused-ring (bicyclic) bond motifs is 2. The number of hydrogen-bond donors (Lipinski definition) is 2. The van der Waals surface area contributed by atoms with Crippen molar-refractivity contribution in [3.8, 4) is 0 Å². The van der Waals surface area contributed by atoms with E-state index in [0.717, 1.165) is 11.1 Å². The van der Waals surface area contributed by atoms with Gasteiger partial charge in [0, 0.05) is 28.7 Å². The molecule has 0 aliphatic carbocycles. The van der Waals surface area contributed by atoms with Crippen LogP contribution in [0.2, 0.25) is 0 Å². The van der Waals surface area contributed by atoms with Crippen LogP contribution < -0.4 is 10.6 Å². The number of H-pyrrole nitrogens is 1. The molecule has 0 saturated heterocycles. The molecular weight excluding hydrogens is 330 g/mol. The number of nitrogens with zero attached hydrogens (tertiary/aromatic N) is 1. The third kappa shape index (κ3) is 2.30. The number of ketones is 1. The van der Waals surface area contributed by atoms with Gasteiger partial charge in [-0.05, 0) is 24.6 Å². The molecule has 2 aromatic carbocycles. The van der Waals surface area contributed by atoms with Crippen molar-refractivity contribution in [2.24, 2.45) is 5.73 Å². The lowest BCUT2D eigenvalue weighted by molar-refractivity contribution is -0.122. The van der Waals surface area contributed by atoms with Crippen LogP contribution in [0.1, 0.15) is 21.6 Å². The number of nitrogens with one attached hydrogen (secondary N) is 1. The van der Waals surface area contributed by atoms with Gasteiger partial charge in [0.25, 0.3) is 11.7 Å². The molecule has 1 aliphatic rings. The Morgan fingerprint density at radius 2 is 1.77 bits per heavy atom. The van der Waals surface area contributed by atoms with Gasteiger partial charge < -0.3 is 10.7 Å². The van der Waals surface area contributed by atoms with E-state index in [0.29, 0.717) is 28.8 Å². The fraction of sp³-hybridized carbons (Fsp3) is 0.150. The molecule has 0 bridgehead atoms. The zero-order chi connectivity index (χ0) is 18.4. The number of aryl methyl sites for hydroxylation is 1. The van der Waals surface area contributed by atoms with E-state index >= 15 is 0 Å². The van der Waals surface area contributed by atoms with E-state index in [1.807, 2.05) is 30.3 Å². The summed E-state index contributed by atoms with van der Waals surface area (Å²) in [5.41, 5.74) is 8.62. The van der Waals surface area contributed by atoms with Crippen molar-refractivity contribution in [2.45, 2.75) is 19.4 Å². The van der Waals surface area contributed by atoms with Crippen LogP contribution in [0.5, 0.6) is 0 Å². The largest absolute Gasteiger partial charge is 0.368 e. The van der Waals surface area contributed by atoms with Crippen molar-refractivity contribution in [3.05, 3.63) is 65.4 Å². The van der Waals surface area contributed by atoms with Gasteiger partial charge in [0.15, 0.2) is 0 Å². The number of aromatic nitrogens is 1. The van der Waals surface area contributed by atoms with Crippen molar-refractivity contribution in [1.29, 1.82) is 0 Å². The van der Waals surface area contributed by atoms with Gasteiger partial charge in [0.1, 0.15) is 6.04 Å². The molecule has 6 nitrogen and oxygen atoms in total. The normalized spacial score (nSPS) is 15.9. The lowest BCUT2D eigenvalue weighted by Crippen LogP contribution is -2.48. The van der Waals surface area contributed by atoms with Crippen LogP contribution in [0.25, 0.3) is 10.9 Å². The number of nitrogens with two attached hydrogens (primary N) is 1. The number of primary amides is 1. The van der Waals surface area contributed by atoms with Gasteiger partial charge in [-0.3, -0.25) is 19.3 Å². The smallest absolute Gasteiger partial charge is 0.300 e. The van der Waals surface area contributed by atoms with Gasteiger partial charge in [0.2, 0.25) is 5.91 Å². The Morgan fingerprint density at radius 1 is 1.08 bits per heavy atom. The van der Waals surface area contributed by atoms with Crippen molar-refractivity contribution >= 4 is 34.2 Å². The van der Waals surface area contributed by atoms with Crippen LogP contribution in [0.3, 0.4) is 0 Å². The number of Topliss-reactive ketones (excluding diaryl/α,β-unsaturated/α-hetero) is 1. The SMILES string of the molecule is Cc1[nH]c2ccccc2c1C(=O)C(=O)N1c2ccccc2CC1C(N)=O. The summed E-state index contributed by atoms with van der Waals surface area (Å²) in [4.78, 5) is 42.4. The quantitative estimate of drug-likeness (QED) is 0.561. The van der Waals surface area contributed by atoms with Crippen LogP contribution >= 0.6 is 0 Å². The van der Waals surface area contributed by atoms with Crippen LogP contribution in [0.15, 0.2) is 48.5 Å². The number of para-hydroxylation sites is 2. The molecule has 1 aromatic heterocycles. The Kier molecular flexibility index (Phi) is 3.61. The first-order valence-electron chi connectivity index (χ1n) is 8.31. The van der Waals surface area contributed by atoms with E-state index < -0.39 is 23.6 Å². The van der Waals surface area contributed by atoms with Crippen molar-refractivity contribution < 1.29 is 14.4 Å². The first-order valence-corrected chi connectivity index (χ1v) is 8.31. The molecule has 26 heavy (non-hydrogen) atoms. The Balaban J connectivity index is 1.80. The summed E-state index contributed by atoms with van der Waals surface area (Å²) < 4.78 is 0. The maximum absolute atomic E-state index is 13.1. The molecule has 0 radical (unpaired) electrons. The number of carbonyl (C=O) groups excluding carboxylic acids is 3. The molecule has 1 atom stereocenters. The van der Waals surface area contributed by atoms with Gasteiger partial charge in [-0.2, -0.15) is 0 Å². The minimum absolute atomic E-state index is 0.317. The summed E-state index contributed by atoms with van der Waals surface area (Å²) in [7, 11) is 0. The number of amides is 2. The van der Waals surface area contributed by atoms with E-state index in [-0.39, 0.29) is 0 Å². The molecule has 4 rings (SSSR count). The molecule has 130 valence electrons. The second-order valence-electron chi connectivity index (χ2n) is 6.43. The van der Waals surface area contributed by atoms with Gasteiger partial charge in [-0.1, -0.05) is 36.4 Å². The summed E-state index contributed by atoms with van der Waals surface area (Å²) in [6.07, 6.45) is 0.317. The van der Waals surface area contributed by atoms with E-state index in [1.165, 1.54) is 4.90 Å². The average Bonchev–Trinajstić information content (AvgIpc) is 3.17. The molecule has 1 unspecified atom stereocenters. The maximum Gasteiger partial charge on any atom is 0.300 e. The van der Waals surface area contributed by atoms with Crippen LogP contribution in [0.4, 0.5) is 5.69 Å². The molecule has 2 heterocycles. The topological polar surface area (TPSA) is 96.3 Å². The second kappa shape index (κ2) is 5.84. The lowest BCUT2D eigenvalue weighted by atomic mass is 10.0. The molecule has 2 amide bonds. The Hall–Kier alpha value is -3.41. The summed E-state index contributed by atoms with van der Waals surface area (Å²) in [6.45, 7) is 1.75. The first kappa shape index (κ1) is 16.1.